The molecule has 0 saturated heterocycles. The lowest BCUT2D eigenvalue weighted by Gasteiger charge is -2.05. The summed E-state index contributed by atoms with van der Waals surface area (Å²) >= 11 is 0. The van der Waals surface area contributed by atoms with Gasteiger partial charge in [-0.15, -0.1) is 0 Å². The van der Waals surface area contributed by atoms with Crippen LogP contribution in [0.5, 0.6) is 0 Å². The van der Waals surface area contributed by atoms with Crippen molar-refractivity contribution in [2.45, 2.75) is 20.1 Å². The molecule has 0 saturated carbocycles. The summed E-state index contributed by atoms with van der Waals surface area (Å²) in [6.45, 7) is 1.57. The van der Waals surface area contributed by atoms with Gasteiger partial charge >= 0.3 is 12.1 Å². The first kappa shape index (κ1) is 14.6. The van der Waals surface area contributed by atoms with E-state index in [0.717, 1.165) is 5.56 Å². The van der Waals surface area contributed by atoms with Crippen molar-refractivity contribution < 1.29 is 19.4 Å². The molecule has 110 valence electrons. The normalized spacial score (nSPS) is 10.1. The largest absolute Gasteiger partial charge is 0.480 e. The third-order valence-corrected chi connectivity index (χ3v) is 2.69. The number of hydrogen-bond donors (Lipinski definition) is 2. The summed E-state index contributed by atoms with van der Waals surface area (Å²) in [6.07, 6.45) is 0.838. The van der Waals surface area contributed by atoms with Crippen molar-refractivity contribution >= 4 is 17.7 Å². The van der Waals surface area contributed by atoms with Gasteiger partial charge in [-0.05, 0) is 12.5 Å². The Kier molecular flexibility index (Phi) is 4.55. The standard InChI is InChI=1S/C14H15N3O4/c1-10-12(7-17(16-10)8-13(18)19)15-14(20)21-9-11-5-3-2-4-6-11/h2-7H,8-9H2,1H3,(H,15,20)(H,18,19). The minimum atomic E-state index is -1.00. The molecule has 21 heavy (non-hydrogen) atoms. The maximum absolute atomic E-state index is 11.7. The van der Waals surface area contributed by atoms with E-state index >= 15 is 0 Å². The molecule has 0 atom stereocenters. The number of rotatable bonds is 5. The van der Waals surface area contributed by atoms with Crippen molar-refractivity contribution in [3.05, 3.63) is 47.8 Å². The number of aromatic nitrogens is 2. The number of anilines is 1. The SMILES string of the molecule is Cc1nn(CC(=O)O)cc1NC(=O)OCc1ccccc1. The number of aliphatic carboxylic acids is 1. The summed E-state index contributed by atoms with van der Waals surface area (Å²) < 4.78 is 6.31. The first-order valence-corrected chi connectivity index (χ1v) is 6.28. The third-order valence-electron chi connectivity index (χ3n) is 2.69. The lowest BCUT2D eigenvalue weighted by Crippen LogP contribution is -2.13. The molecule has 7 heteroatoms. The van der Waals surface area contributed by atoms with Crippen LogP contribution in [-0.4, -0.2) is 26.9 Å². The molecule has 2 N–H and O–H groups in total. The number of aryl methyl sites for hydroxylation is 1. The number of carbonyl (C=O) groups excluding carboxylic acids is 1. The van der Waals surface area contributed by atoms with Crippen LogP contribution in [-0.2, 0) is 22.7 Å². The van der Waals surface area contributed by atoms with E-state index < -0.39 is 12.1 Å². The van der Waals surface area contributed by atoms with Crippen LogP contribution in [0.1, 0.15) is 11.3 Å². The average Bonchev–Trinajstić information content (AvgIpc) is 2.76. The number of carboxylic acids is 1. The van der Waals surface area contributed by atoms with E-state index in [9.17, 15) is 9.59 Å². The topological polar surface area (TPSA) is 93.5 Å². The van der Waals surface area contributed by atoms with Crippen molar-refractivity contribution in [2.24, 2.45) is 0 Å². The van der Waals surface area contributed by atoms with Crippen LogP contribution in [0.15, 0.2) is 36.5 Å². The number of benzene rings is 1. The van der Waals surface area contributed by atoms with Crippen molar-refractivity contribution in [1.29, 1.82) is 0 Å². The first-order valence-electron chi connectivity index (χ1n) is 6.28. The van der Waals surface area contributed by atoms with E-state index in [1.807, 2.05) is 30.3 Å². The molecule has 1 heterocycles. The fraction of sp³-hybridized carbons (Fsp3) is 0.214. The Morgan fingerprint density at radius 1 is 1.33 bits per heavy atom. The van der Waals surface area contributed by atoms with Gasteiger partial charge in [0.2, 0.25) is 0 Å². The number of hydrogen-bond acceptors (Lipinski definition) is 4. The van der Waals surface area contributed by atoms with Gasteiger partial charge in [0.15, 0.2) is 0 Å². The molecule has 7 nitrogen and oxygen atoms in total. The van der Waals surface area contributed by atoms with Crippen LogP contribution >= 0.6 is 0 Å². The first-order chi connectivity index (χ1) is 10.0. The highest BCUT2D eigenvalue weighted by Gasteiger charge is 2.11. The Morgan fingerprint density at radius 3 is 2.71 bits per heavy atom. The fourth-order valence-corrected chi connectivity index (χ4v) is 1.73. The molecule has 1 aromatic heterocycles. The molecule has 0 bridgehead atoms. The van der Waals surface area contributed by atoms with E-state index in [2.05, 4.69) is 10.4 Å². The summed E-state index contributed by atoms with van der Waals surface area (Å²) in [5.74, 6) is -1.00. The zero-order chi connectivity index (χ0) is 15.2. The van der Waals surface area contributed by atoms with E-state index in [1.54, 1.807) is 6.92 Å². The number of nitrogens with zero attached hydrogens (tertiary/aromatic N) is 2. The minimum absolute atomic E-state index is 0.162. The van der Waals surface area contributed by atoms with Crippen LogP contribution in [0.2, 0.25) is 0 Å². The second kappa shape index (κ2) is 6.56. The molecule has 0 aliphatic carbocycles. The highest BCUT2D eigenvalue weighted by molar-refractivity contribution is 5.85. The Hall–Kier alpha value is -2.83. The third kappa shape index (κ3) is 4.34. The summed E-state index contributed by atoms with van der Waals surface area (Å²) in [6, 6.07) is 9.30. The molecule has 0 unspecified atom stereocenters. The van der Waals surface area contributed by atoms with Gasteiger partial charge in [0, 0.05) is 6.20 Å². The molecule has 2 rings (SSSR count). The molecule has 2 aromatic rings. The van der Waals surface area contributed by atoms with E-state index in [1.165, 1.54) is 10.9 Å². The number of amides is 1. The second-order valence-electron chi connectivity index (χ2n) is 4.41. The van der Waals surface area contributed by atoms with Gasteiger partial charge < -0.3 is 9.84 Å². The summed E-state index contributed by atoms with van der Waals surface area (Å²) in [5, 5.41) is 15.2. The molecule has 0 fully saturated rings. The van der Waals surface area contributed by atoms with Gasteiger partial charge in [-0.1, -0.05) is 30.3 Å². The van der Waals surface area contributed by atoms with Gasteiger partial charge in [0.05, 0.1) is 11.4 Å². The van der Waals surface area contributed by atoms with Crippen LogP contribution in [0.4, 0.5) is 10.5 Å². The van der Waals surface area contributed by atoms with E-state index in [4.69, 9.17) is 9.84 Å². The van der Waals surface area contributed by atoms with Crippen LogP contribution in [0, 0.1) is 6.92 Å². The van der Waals surface area contributed by atoms with Gasteiger partial charge in [-0.3, -0.25) is 14.8 Å². The zero-order valence-corrected chi connectivity index (χ0v) is 11.4. The van der Waals surface area contributed by atoms with Crippen LogP contribution in [0.25, 0.3) is 0 Å². The average molecular weight is 289 g/mol. The van der Waals surface area contributed by atoms with E-state index in [0.29, 0.717) is 11.4 Å². The number of ether oxygens (including phenoxy) is 1. The number of carboxylic acid groups (broad SMARTS) is 1. The summed E-state index contributed by atoms with van der Waals surface area (Å²) in [7, 11) is 0. The predicted molar refractivity (Wildman–Crippen MR) is 74.8 cm³/mol. The van der Waals surface area contributed by atoms with Gasteiger partial charge in [-0.2, -0.15) is 5.10 Å². The molecular weight excluding hydrogens is 274 g/mol. The van der Waals surface area contributed by atoms with Gasteiger partial charge in [-0.25, -0.2) is 4.79 Å². The quantitative estimate of drug-likeness (QED) is 0.878. The summed E-state index contributed by atoms with van der Waals surface area (Å²) in [4.78, 5) is 22.3. The minimum Gasteiger partial charge on any atom is -0.480 e. The van der Waals surface area contributed by atoms with E-state index in [-0.39, 0.29) is 13.2 Å². The predicted octanol–water partition coefficient (Wildman–Crippen LogP) is 2.02. The molecule has 0 aliphatic heterocycles. The smallest absolute Gasteiger partial charge is 0.412 e. The number of carbonyl (C=O) groups is 2. The highest BCUT2D eigenvalue weighted by Crippen LogP contribution is 2.13. The monoisotopic (exact) mass is 289 g/mol. The van der Waals surface area contributed by atoms with Crippen molar-refractivity contribution in [2.75, 3.05) is 5.32 Å². The molecular formula is C14H15N3O4. The molecule has 0 aliphatic rings. The lowest BCUT2D eigenvalue weighted by atomic mass is 10.2. The van der Waals surface area contributed by atoms with Crippen molar-refractivity contribution in [1.82, 2.24) is 9.78 Å². The Morgan fingerprint density at radius 2 is 2.05 bits per heavy atom. The second-order valence-corrected chi connectivity index (χ2v) is 4.41. The lowest BCUT2D eigenvalue weighted by molar-refractivity contribution is -0.137. The molecule has 0 spiro atoms. The molecule has 0 radical (unpaired) electrons. The Balaban J connectivity index is 1.90. The van der Waals surface area contributed by atoms with Crippen molar-refractivity contribution in [3.63, 3.8) is 0 Å². The van der Waals surface area contributed by atoms with Crippen LogP contribution in [0.3, 0.4) is 0 Å². The molecule has 1 aromatic carbocycles. The zero-order valence-electron chi connectivity index (χ0n) is 11.4. The fourth-order valence-electron chi connectivity index (χ4n) is 1.73. The van der Waals surface area contributed by atoms with Gasteiger partial charge in [0.25, 0.3) is 0 Å². The Bertz CT molecular complexity index is 637. The molecule has 1 amide bonds. The maximum Gasteiger partial charge on any atom is 0.412 e. The highest BCUT2D eigenvalue weighted by atomic mass is 16.5. The maximum atomic E-state index is 11.7. The number of nitrogens with one attached hydrogen (secondary N) is 1. The van der Waals surface area contributed by atoms with Gasteiger partial charge in [0.1, 0.15) is 13.2 Å². The van der Waals surface area contributed by atoms with Crippen LogP contribution < -0.4 is 5.32 Å². The Labute approximate surface area is 121 Å². The summed E-state index contributed by atoms with van der Waals surface area (Å²) in [5.41, 5.74) is 1.83. The van der Waals surface area contributed by atoms with Crippen molar-refractivity contribution in [3.8, 4) is 0 Å².